The SMILES string of the molecule is CCC(OC(=O)c1cc(Br)cc(N)c1C)C(=O)O. The van der Waals surface area contributed by atoms with Gasteiger partial charge in [-0.25, -0.2) is 9.59 Å². The monoisotopic (exact) mass is 315 g/mol. The third-order valence-corrected chi connectivity index (χ3v) is 2.99. The molecule has 1 rings (SSSR count). The summed E-state index contributed by atoms with van der Waals surface area (Å²) in [6, 6.07) is 3.23. The minimum absolute atomic E-state index is 0.212. The summed E-state index contributed by atoms with van der Waals surface area (Å²) < 4.78 is 5.56. The molecule has 1 unspecified atom stereocenters. The minimum Gasteiger partial charge on any atom is -0.479 e. The van der Waals surface area contributed by atoms with E-state index >= 15 is 0 Å². The second kappa shape index (κ2) is 5.86. The Bertz CT molecular complexity index is 487. The van der Waals surface area contributed by atoms with Gasteiger partial charge in [0.2, 0.25) is 0 Å². The number of benzene rings is 1. The Balaban J connectivity index is 3.01. The summed E-state index contributed by atoms with van der Waals surface area (Å²) in [6.07, 6.45) is -0.930. The van der Waals surface area contributed by atoms with Crippen molar-refractivity contribution < 1.29 is 19.4 Å². The lowest BCUT2D eigenvalue weighted by Gasteiger charge is -2.14. The number of nitrogen functional groups attached to an aromatic ring is 1. The predicted molar refractivity (Wildman–Crippen MR) is 70.4 cm³/mol. The van der Waals surface area contributed by atoms with Crippen LogP contribution in [0.15, 0.2) is 16.6 Å². The van der Waals surface area contributed by atoms with Gasteiger partial charge in [0.15, 0.2) is 6.10 Å². The van der Waals surface area contributed by atoms with Gasteiger partial charge in [0.05, 0.1) is 5.56 Å². The van der Waals surface area contributed by atoms with Gasteiger partial charge in [-0.1, -0.05) is 22.9 Å². The Hall–Kier alpha value is -1.56. The smallest absolute Gasteiger partial charge is 0.345 e. The maximum absolute atomic E-state index is 11.9. The average Bonchev–Trinajstić information content (AvgIpc) is 2.29. The number of anilines is 1. The van der Waals surface area contributed by atoms with Crippen molar-refractivity contribution in [2.24, 2.45) is 0 Å². The van der Waals surface area contributed by atoms with Gasteiger partial charge in [0, 0.05) is 10.2 Å². The molecular weight excluding hydrogens is 302 g/mol. The van der Waals surface area contributed by atoms with Gasteiger partial charge in [-0.2, -0.15) is 0 Å². The lowest BCUT2D eigenvalue weighted by Crippen LogP contribution is -2.26. The van der Waals surface area contributed by atoms with Crippen LogP contribution in [-0.4, -0.2) is 23.1 Å². The van der Waals surface area contributed by atoms with Gasteiger partial charge in [0.25, 0.3) is 0 Å². The number of aliphatic carboxylic acids is 1. The quantitative estimate of drug-likeness (QED) is 0.657. The first kappa shape index (κ1) is 14.5. The molecule has 0 aromatic heterocycles. The molecule has 0 radical (unpaired) electrons. The lowest BCUT2D eigenvalue weighted by atomic mass is 10.1. The average molecular weight is 316 g/mol. The zero-order chi connectivity index (χ0) is 13.9. The topological polar surface area (TPSA) is 89.6 Å². The fourth-order valence-electron chi connectivity index (χ4n) is 1.41. The summed E-state index contributed by atoms with van der Waals surface area (Å²) in [5, 5.41) is 8.84. The molecule has 0 saturated carbocycles. The molecule has 0 aliphatic heterocycles. The highest BCUT2D eigenvalue weighted by atomic mass is 79.9. The molecule has 0 aliphatic carbocycles. The van der Waals surface area contributed by atoms with E-state index in [0.717, 1.165) is 0 Å². The predicted octanol–water partition coefficient (Wildman–Crippen LogP) is 2.36. The lowest BCUT2D eigenvalue weighted by molar-refractivity contribution is -0.147. The Kier molecular flexibility index (Phi) is 4.72. The zero-order valence-corrected chi connectivity index (χ0v) is 11.7. The van der Waals surface area contributed by atoms with E-state index in [1.165, 1.54) is 0 Å². The van der Waals surface area contributed by atoms with Crippen LogP contribution in [0, 0.1) is 6.92 Å². The molecule has 6 heteroatoms. The molecule has 1 aromatic rings. The molecule has 1 atom stereocenters. The number of carboxylic acids is 1. The van der Waals surface area contributed by atoms with Gasteiger partial charge < -0.3 is 15.6 Å². The number of rotatable bonds is 4. The van der Waals surface area contributed by atoms with Crippen LogP contribution in [0.4, 0.5) is 5.69 Å². The Morgan fingerprint density at radius 3 is 2.61 bits per heavy atom. The van der Waals surface area contributed by atoms with E-state index in [9.17, 15) is 9.59 Å². The number of hydrogen-bond donors (Lipinski definition) is 2. The third kappa shape index (κ3) is 3.22. The maximum Gasteiger partial charge on any atom is 0.345 e. The molecule has 0 aliphatic rings. The van der Waals surface area contributed by atoms with Gasteiger partial charge in [0.1, 0.15) is 0 Å². The second-order valence-corrected chi connectivity index (χ2v) is 4.72. The van der Waals surface area contributed by atoms with Crippen molar-refractivity contribution in [1.82, 2.24) is 0 Å². The van der Waals surface area contributed by atoms with Crippen molar-refractivity contribution in [3.05, 3.63) is 27.7 Å². The van der Waals surface area contributed by atoms with Crippen LogP contribution in [0.5, 0.6) is 0 Å². The third-order valence-electron chi connectivity index (χ3n) is 2.53. The minimum atomic E-state index is -1.16. The molecule has 1 aromatic carbocycles. The molecule has 5 nitrogen and oxygen atoms in total. The fourth-order valence-corrected chi connectivity index (χ4v) is 1.89. The van der Waals surface area contributed by atoms with E-state index in [1.54, 1.807) is 26.0 Å². The number of hydrogen-bond acceptors (Lipinski definition) is 4. The van der Waals surface area contributed by atoms with E-state index in [2.05, 4.69) is 15.9 Å². The van der Waals surface area contributed by atoms with E-state index in [-0.39, 0.29) is 12.0 Å². The van der Waals surface area contributed by atoms with Gasteiger partial charge in [-0.15, -0.1) is 0 Å². The highest BCUT2D eigenvalue weighted by molar-refractivity contribution is 9.10. The van der Waals surface area contributed by atoms with Crippen LogP contribution in [0.2, 0.25) is 0 Å². The van der Waals surface area contributed by atoms with E-state index < -0.39 is 18.0 Å². The number of carboxylic acid groups (broad SMARTS) is 1. The molecule has 0 saturated heterocycles. The zero-order valence-electron chi connectivity index (χ0n) is 10.1. The van der Waals surface area contributed by atoms with Crippen molar-refractivity contribution in [3.8, 4) is 0 Å². The Morgan fingerprint density at radius 1 is 1.50 bits per heavy atom. The van der Waals surface area contributed by atoms with Crippen LogP contribution in [-0.2, 0) is 9.53 Å². The second-order valence-electron chi connectivity index (χ2n) is 3.81. The normalized spacial score (nSPS) is 11.9. The molecule has 0 heterocycles. The van der Waals surface area contributed by atoms with Crippen LogP contribution < -0.4 is 5.73 Å². The summed E-state index contributed by atoms with van der Waals surface area (Å²) in [5.41, 5.74) is 7.01. The summed E-state index contributed by atoms with van der Waals surface area (Å²) in [6.45, 7) is 3.31. The van der Waals surface area contributed by atoms with Crippen molar-refractivity contribution >= 4 is 33.6 Å². The number of carbonyl (C=O) groups is 2. The fraction of sp³-hybridized carbons (Fsp3) is 0.333. The molecule has 18 heavy (non-hydrogen) atoms. The number of halogens is 1. The largest absolute Gasteiger partial charge is 0.479 e. The summed E-state index contributed by atoms with van der Waals surface area (Å²) in [4.78, 5) is 22.7. The van der Waals surface area contributed by atoms with Crippen molar-refractivity contribution in [2.75, 3.05) is 5.73 Å². The first-order valence-electron chi connectivity index (χ1n) is 5.36. The number of ether oxygens (including phenoxy) is 1. The van der Waals surface area contributed by atoms with Gasteiger partial charge in [-0.3, -0.25) is 0 Å². The Labute approximate surface area is 113 Å². The van der Waals surface area contributed by atoms with Crippen LogP contribution in [0.3, 0.4) is 0 Å². The maximum atomic E-state index is 11.9. The first-order valence-corrected chi connectivity index (χ1v) is 6.15. The van der Waals surface area contributed by atoms with Crippen molar-refractivity contribution in [1.29, 1.82) is 0 Å². The molecule has 0 amide bonds. The van der Waals surface area contributed by atoms with Crippen molar-refractivity contribution in [2.45, 2.75) is 26.4 Å². The van der Waals surface area contributed by atoms with Crippen LogP contribution in [0.25, 0.3) is 0 Å². The Morgan fingerprint density at radius 2 is 2.11 bits per heavy atom. The van der Waals surface area contributed by atoms with Gasteiger partial charge >= 0.3 is 11.9 Å². The van der Waals surface area contributed by atoms with E-state index in [1.807, 2.05) is 0 Å². The number of esters is 1. The molecule has 3 N–H and O–H groups in total. The highest BCUT2D eigenvalue weighted by Crippen LogP contribution is 2.23. The molecule has 0 fully saturated rings. The standard InChI is InChI=1S/C12H14BrNO4/c1-3-10(11(15)16)18-12(17)8-4-7(13)5-9(14)6(8)2/h4-5,10H,3,14H2,1-2H3,(H,15,16). The summed E-state index contributed by atoms with van der Waals surface area (Å²) in [7, 11) is 0. The van der Waals surface area contributed by atoms with E-state index in [4.69, 9.17) is 15.6 Å². The molecule has 0 spiro atoms. The first-order chi connectivity index (χ1) is 8.36. The van der Waals surface area contributed by atoms with Gasteiger partial charge in [-0.05, 0) is 31.0 Å². The highest BCUT2D eigenvalue weighted by Gasteiger charge is 2.22. The number of carbonyl (C=O) groups excluding carboxylic acids is 1. The van der Waals surface area contributed by atoms with E-state index in [0.29, 0.717) is 15.7 Å². The van der Waals surface area contributed by atoms with Crippen molar-refractivity contribution in [3.63, 3.8) is 0 Å². The number of nitrogens with two attached hydrogens (primary N) is 1. The molecule has 98 valence electrons. The van der Waals surface area contributed by atoms with Crippen LogP contribution in [0.1, 0.15) is 29.3 Å². The summed E-state index contributed by atoms with van der Waals surface area (Å²) >= 11 is 3.22. The van der Waals surface area contributed by atoms with Crippen LogP contribution >= 0.6 is 15.9 Å². The molecule has 0 bridgehead atoms. The molecular formula is C12H14BrNO4. The summed E-state index contributed by atoms with van der Waals surface area (Å²) in [5.74, 6) is -1.85.